The number of hydrogen-bond donors (Lipinski definition) is 2. The summed E-state index contributed by atoms with van der Waals surface area (Å²) < 4.78 is 15.3. The van der Waals surface area contributed by atoms with Crippen LogP contribution in [0.3, 0.4) is 0 Å². The number of nitrogens with one attached hydrogen (secondary N) is 2. The van der Waals surface area contributed by atoms with Crippen LogP contribution in [-0.2, 0) is 11.3 Å². The van der Waals surface area contributed by atoms with Crippen molar-refractivity contribution in [1.82, 2.24) is 20.6 Å². The molecule has 0 atom stereocenters. The Morgan fingerprint density at radius 2 is 2.26 bits per heavy atom. The van der Waals surface area contributed by atoms with E-state index in [1.165, 1.54) is 17.4 Å². The van der Waals surface area contributed by atoms with Gasteiger partial charge in [-0.3, -0.25) is 14.6 Å². The summed E-state index contributed by atoms with van der Waals surface area (Å²) in [6.45, 7) is 1.38. The molecule has 0 radical (unpaired) electrons. The van der Waals surface area contributed by atoms with E-state index in [0.717, 1.165) is 4.70 Å². The molecule has 1 saturated heterocycles. The van der Waals surface area contributed by atoms with Crippen molar-refractivity contribution in [2.75, 3.05) is 24.5 Å². The van der Waals surface area contributed by atoms with Crippen molar-refractivity contribution in [3.63, 3.8) is 0 Å². The molecule has 0 aliphatic carbocycles. The first-order valence-electron chi connectivity index (χ1n) is 8.39. The Morgan fingerprint density at radius 1 is 1.37 bits per heavy atom. The second-order valence-corrected chi connectivity index (χ2v) is 7.13. The number of thiazole rings is 1. The molecule has 27 heavy (non-hydrogen) atoms. The van der Waals surface area contributed by atoms with Crippen LogP contribution in [0.2, 0.25) is 0 Å². The van der Waals surface area contributed by atoms with Gasteiger partial charge >= 0.3 is 0 Å². The molecule has 0 spiro atoms. The highest BCUT2D eigenvalue weighted by Gasteiger charge is 2.19. The number of carbonyl (C=O) groups excluding carboxylic acids is 2. The average Bonchev–Trinajstić information content (AvgIpc) is 3.10. The summed E-state index contributed by atoms with van der Waals surface area (Å²) in [5.74, 6) is -0.848. The molecule has 0 bridgehead atoms. The van der Waals surface area contributed by atoms with Gasteiger partial charge in [0.15, 0.2) is 5.01 Å². The topological polar surface area (TPSA) is 87.2 Å². The average molecular weight is 385 g/mol. The van der Waals surface area contributed by atoms with E-state index in [-0.39, 0.29) is 24.9 Å². The minimum Gasteiger partial charge on any atom is -0.358 e. The number of benzene rings is 1. The number of pyridine rings is 1. The lowest BCUT2D eigenvalue weighted by Gasteiger charge is -2.29. The lowest BCUT2D eigenvalue weighted by molar-refractivity contribution is -0.120. The minimum atomic E-state index is -0.414. The number of anilines is 1. The van der Waals surface area contributed by atoms with Crippen molar-refractivity contribution in [2.24, 2.45) is 0 Å². The molecule has 4 rings (SSSR count). The Bertz CT molecular complexity index is 989. The van der Waals surface area contributed by atoms with Crippen LogP contribution >= 0.6 is 11.3 Å². The third kappa shape index (κ3) is 3.72. The van der Waals surface area contributed by atoms with E-state index in [4.69, 9.17) is 0 Å². The van der Waals surface area contributed by atoms with Crippen molar-refractivity contribution in [3.8, 4) is 0 Å². The Morgan fingerprint density at radius 3 is 3.04 bits per heavy atom. The first kappa shape index (κ1) is 17.3. The van der Waals surface area contributed by atoms with Crippen LogP contribution in [0.5, 0.6) is 0 Å². The summed E-state index contributed by atoms with van der Waals surface area (Å²) in [7, 11) is 0. The molecule has 0 saturated carbocycles. The molecular formula is C18H16FN5O2S. The van der Waals surface area contributed by atoms with Crippen LogP contribution in [0.25, 0.3) is 10.2 Å². The molecule has 9 heteroatoms. The Kier molecular flexibility index (Phi) is 4.68. The van der Waals surface area contributed by atoms with Gasteiger partial charge < -0.3 is 15.5 Å². The highest BCUT2D eigenvalue weighted by atomic mass is 32.1. The van der Waals surface area contributed by atoms with Gasteiger partial charge in [0.05, 0.1) is 23.1 Å². The van der Waals surface area contributed by atoms with Crippen LogP contribution < -0.4 is 15.5 Å². The van der Waals surface area contributed by atoms with E-state index in [9.17, 15) is 14.0 Å². The number of carbonyl (C=O) groups is 2. The van der Waals surface area contributed by atoms with E-state index in [1.54, 1.807) is 35.5 Å². The monoisotopic (exact) mass is 385 g/mol. The van der Waals surface area contributed by atoms with Crippen molar-refractivity contribution in [1.29, 1.82) is 0 Å². The van der Waals surface area contributed by atoms with Gasteiger partial charge in [-0.1, -0.05) is 6.07 Å². The van der Waals surface area contributed by atoms with Crippen LogP contribution in [0.1, 0.15) is 15.4 Å². The maximum atomic E-state index is 14.4. The summed E-state index contributed by atoms with van der Waals surface area (Å²) in [5.41, 5.74) is 1.70. The molecule has 1 aromatic carbocycles. The van der Waals surface area contributed by atoms with Crippen LogP contribution in [-0.4, -0.2) is 41.4 Å². The SMILES string of the molecule is O=C1CN(c2ccc(CNC(=O)c3nc4cnccc4s3)cc2F)CCN1. The van der Waals surface area contributed by atoms with Gasteiger partial charge in [0.1, 0.15) is 11.3 Å². The number of amides is 2. The number of halogens is 1. The quantitative estimate of drug-likeness (QED) is 0.714. The zero-order chi connectivity index (χ0) is 18.8. The Labute approximate surface area is 158 Å². The largest absolute Gasteiger partial charge is 0.358 e. The number of nitrogens with zero attached hydrogens (tertiary/aromatic N) is 3. The molecule has 0 unspecified atom stereocenters. The first-order chi connectivity index (χ1) is 13.1. The summed E-state index contributed by atoms with van der Waals surface area (Å²) >= 11 is 1.28. The third-order valence-electron chi connectivity index (χ3n) is 4.23. The summed E-state index contributed by atoms with van der Waals surface area (Å²) in [6, 6.07) is 6.56. The third-order valence-corrected chi connectivity index (χ3v) is 5.26. The predicted octanol–water partition coefficient (Wildman–Crippen LogP) is 1.70. The van der Waals surface area contributed by atoms with E-state index in [0.29, 0.717) is 34.9 Å². The van der Waals surface area contributed by atoms with Gasteiger partial charge in [-0.2, -0.15) is 0 Å². The number of fused-ring (bicyclic) bond motifs is 1. The van der Waals surface area contributed by atoms with Gasteiger partial charge in [0, 0.05) is 25.8 Å². The van der Waals surface area contributed by atoms with Gasteiger partial charge in [0.25, 0.3) is 5.91 Å². The number of piperazine rings is 1. The molecule has 138 valence electrons. The van der Waals surface area contributed by atoms with Crippen molar-refractivity contribution in [2.45, 2.75) is 6.54 Å². The van der Waals surface area contributed by atoms with E-state index in [2.05, 4.69) is 20.6 Å². The first-order valence-corrected chi connectivity index (χ1v) is 9.20. The second kappa shape index (κ2) is 7.28. The molecule has 1 aliphatic heterocycles. The van der Waals surface area contributed by atoms with Crippen LogP contribution in [0.15, 0.2) is 36.7 Å². The van der Waals surface area contributed by atoms with Crippen LogP contribution in [0.4, 0.5) is 10.1 Å². The molecule has 7 nitrogen and oxygen atoms in total. The molecule has 3 aromatic rings. The van der Waals surface area contributed by atoms with Gasteiger partial charge in [-0.15, -0.1) is 11.3 Å². The van der Waals surface area contributed by atoms with E-state index in [1.807, 2.05) is 0 Å². The summed E-state index contributed by atoms with van der Waals surface area (Å²) in [6.07, 6.45) is 3.26. The minimum absolute atomic E-state index is 0.122. The zero-order valence-corrected chi connectivity index (χ0v) is 15.1. The molecule has 2 amide bonds. The molecular weight excluding hydrogens is 369 g/mol. The zero-order valence-electron chi connectivity index (χ0n) is 14.2. The van der Waals surface area contributed by atoms with Gasteiger partial charge in [-0.05, 0) is 23.8 Å². The molecule has 1 aliphatic rings. The lowest BCUT2D eigenvalue weighted by atomic mass is 10.1. The maximum Gasteiger partial charge on any atom is 0.280 e. The fourth-order valence-electron chi connectivity index (χ4n) is 2.90. The summed E-state index contributed by atoms with van der Waals surface area (Å²) in [4.78, 5) is 33.7. The smallest absolute Gasteiger partial charge is 0.280 e. The number of aromatic nitrogens is 2. The molecule has 2 N–H and O–H groups in total. The van der Waals surface area contributed by atoms with E-state index < -0.39 is 5.82 Å². The highest BCUT2D eigenvalue weighted by molar-refractivity contribution is 7.20. The Hall–Kier alpha value is -3.07. The summed E-state index contributed by atoms with van der Waals surface area (Å²) in [5, 5.41) is 5.81. The van der Waals surface area contributed by atoms with Gasteiger partial charge in [-0.25, -0.2) is 9.37 Å². The fraction of sp³-hybridized carbons (Fsp3) is 0.222. The Balaban J connectivity index is 1.42. The van der Waals surface area contributed by atoms with Crippen molar-refractivity contribution in [3.05, 3.63) is 53.0 Å². The van der Waals surface area contributed by atoms with Gasteiger partial charge in [0.2, 0.25) is 5.91 Å². The lowest BCUT2D eigenvalue weighted by Crippen LogP contribution is -2.48. The van der Waals surface area contributed by atoms with Crippen molar-refractivity contribution >= 4 is 39.1 Å². The normalized spacial score (nSPS) is 14.3. The standard InChI is InChI=1S/C18H16FN5O2S/c19-12-7-11(1-2-14(12)24-6-5-21-16(25)10-24)8-22-17(26)18-23-13-9-20-4-3-15(13)27-18/h1-4,7,9H,5-6,8,10H2,(H,21,25)(H,22,26). The fourth-order valence-corrected chi connectivity index (χ4v) is 3.75. The predicted molar refractivity (Wildman–Crippen MR) is 100 cm³/mol. The van der Waals surface area contributed by atoms with Crippen molar-refractivity contribution < 1.29 is 14.0 Å². The maximum absolute atomic E-state index is 14.4. The van der Waals surface area contributed by atoms with Crippen LogP contribution in [0, 0.1) is 5.82 Å². The molecule has 1 fully saturated rings. The molecule has 3 heterocycles. The second-order valence-electron chi connectivity index (χ2n) is 6.10. The number of rotatable bonds is 4. The molecule has 2 aromatic heterocycles. The highest BCUT2D eigenvalue weighted by Crippen LogP contribution is 2.22. The van der Waals surface area contributed by atoms with E-state index >= 15 is 0 Å². The number of hydrogen-bond acceptors (Lipinski definition) is 6.